The number of halogens is 4. The lowest BCUT2D eigenvalue weighted by atomic mass is 10.1. The Labute approximate surface area is 178 Å². The SMILES string of the molecule is COC(=O)[C@@H]1C[C@H](N(C)Cc2ccc(F)cc2F)CN1Cc1ccc(Cl)c(Cl)c1. The van der Waals surface area contributed by atoms with Crippen molar-refractivity contribution in [2.24, 2.45) is 0 Å². The highest BCUT2D eigenvalue weighted by Crippen LogP contribution is 2.28. The number of benzene rings is 2. The van der Waals surface area contributed by atoms with E-state index in [1.807, 2.05) is 22.9 Å². The summed E-state index contributed by atoms with van der Waals surface area (Å²) in [6.45, 7) is 1.41. The molecule has 0 unspecified atom stereocenters. The molecule has 8 heteroatoms. The van der Waals surface area contributed by atoms with Crippen molar-refractivity contribution in [2.75, 3.05) is 20.7 Å². The van der Waals surface area contributed by atoms with E-state index in [-0.39, 0.29) is 12.0 Å². The van der Waals surface area contributed by atoms with Crippen LogP contribution >= 0.6 is 23.2 Å². The van der Waals surface area contributed by atoms with E-state index in [1.54, 1.807) is 12.1 Å². The number of methoxy groups -OCH3 is 1. The van der Waals surface area contributed by atoms with Crippen molar-refractivity contribution in [2.45, 2.75) is 31.6 Å². The van der Waals surface area contributed by atoms with E-state index in [4.69, 9.17) is 27.9 Å². The van der Waals surface area contributed by atoms with Crippen LogP contribution in [-0.2, 0) is 22.6 Å². The average Bonchev–Trinajstić information content (AvgIpc) is 3.10. The first kappa shape index (κ1) is 22.0. The molecule has 2 aromatic rings. The molecule has 2 atom stereocenters. The van der Waals surface area contributed by atoms with E-state index >= 15 is 0 Å². The summed E-state index contributed by atoms with van der Waals surface area (Å²) in [7, 11) is 3.23. The molecule has 29 heavy (non-hydrogen) atoms. The summed E-state index contributed by atoms with van der Waals surface area (Å²) in [6.07, 6.45) is 0.549. The van der Waals surface area contributed by atoms with Crippen LogP contribution in [0, 0.1) is 11.6 Å². The van der Waals surface area contributed by atoms with E-state index in [1.165, 1.54) is 19.2 Å². The fourth-order valence-corrected chi connectivity index (χ4v) is 4.00. The van der Waals surface area contributed by atoms with Crippen molar-refractivity contribution in [3.8, 4) is 0 Å². The number of ether oxygens (including phenoxy) is 1. The summed E-state index contributed by atoms with van der Waals surface area (Å²) < 4.78 is 32.1. The third-order valence-electron chi connectivity index (χ3n) is 5.28. The van der Waals surface area contributed by atoms with Gasteiger partial charge in [-0.1, -0.05) is 35.3 Å². The molecular weight excluding hydrogens is 421 g/mol. The molecule has 0 N–H and O–H groups in total. The van der Waals surface area contributed by atoms with Crippen molar-refractivity contribution < 1.29 is 18.3 Å². The maximum Gasteiger partial charge on any atom is 0.323 e. The van der Waals surface area contributed by atoms with Crippen LogP contribution in [0.4, 0.5) is 8.78 Å². The van der Waals surface area contributed by atoms with Gasteiger partial charge < -0.3 is 4.74 Å². The maximum absolute atomic E-state index is 14.0. The Morgan fingerprint density at radius 1 is 1.21 bits per heavy atom. The number of likely N-dealkylation sites (N-methyl/N-ethyl adjacent to an activating group) is 1. The molecule has 156 valence electrons. The van der Waals surface area contributed by atoms with Crippen molar-refractivity contribution in [1.82, 2.24) is 9.80 Å². The molecule has 1 heterocycles. The highest BCUT2D eigenvalue weighted by atomic mass is 35.5. The fourth-order valence-electron chi connectivity index (χ4n) is 3.67. The average molecular weight is 443 g/mol. The maximum atomic E-state index is 14.0. The second-order valence-corrected chi connectivity index (χ2v) is 8.07. The van der Waals surface area contributed by atoms with Gasteiger partial charge in [0.05, 0.1) is 17.2 Å². The zero-order chi connectivity index (χ0) is 21.1. The number of likely N-dealkylation sites (tertiary alicyclic amines) is 1. The van der Waals surface area contributed by atoms with Crippen LogP contribution in [0.1, 0.15) is 17.5 Å². The minimum atomic E-state index is -0.603. The smallest absolute Gasteiger partial charge is 0.323 e. The molecule has 0 aromatic heterocycles. The van der Waals surface area contributed by atoms with Crippen LogP contribution in [0.25, 0.3) is 0 Å². The molecule has 2 aromatic carbocycles. The highest BCUT2D eigenvalue weighted by molar-refractivity contribution is 6.42. The number of rotatable bonds is 6. The van der Waals surface area contributed by atoms with Crippen molar-refractivity contribution in [1.29, 1.82) is 0 Å². The Hall–Kier alpha value is -1.73. The van der Waals surface area contributed by atoms with E-state index in [0.29, 0.717) is 41.7 Å². The van der Waals surface area contributed by atoms with Gasteiger partial charge in [0.15, 0.2) is 0 Å². The molecule has 0 bridgehead atoms. The fraction of sp³-hybridized carbons (Fsp3) is 0.381. The lowest BCUT2D eigenvalue weighted by Gasteiger charge is -2.25. The topological polar surface area (TPSA) is 32.8 Å². The first-order valence-electron chi connectivity index (χ1n) is 9.18. The predicted octanol–water partition coefficient (Wildman–Crippen LogP) is 4.52. The van der Waals surface area contributed by atoms with Gasteiger partial charge in [-0.2, -0.15) is 0 Å². The van der Waals surface area contributed by atoms with Crippen LogP contribution < -0.4 is 0 Å². The van der Waals surface area contributed by atoms with E-state index in [0.717, 1.165) is 11.6 Å². The Morgan fingerprint density at radius 3 is 2.62 bits per heavy atom. The summed E-state index contributed by atoms with van der Waals surface area (Å²) in [4.78, 5) is 16.3. The van der Waals surface area contributed by atoms with Crippen LogP contribution in [0.15, 0.2) is 36.4 Å². The quantitative estimate of drug-likeness (QED) is 0.615. The number of carbonyl (C=O) groups is 1. The van der Waals surface area contributed by atoms with Crippen LogP contribution in [0.2, 0.25) is 10.0 Å². The number of esters is 1. The lowest BCUT2D eigenvalue weighted by Crippen LogP contribution is -2.36. The summed E-state index contributed by atoms with van der Waals surface area (Å²) in [5, 5.41) is 0.929. The summed E-state index contributed by atoms with van der Waals surface area (Å²) in [6, 6.07) is 8.54. The van der Waals surface area contributed by atoms with Gasteiger partial charge in [0.1, 0.15) is 17.7 Å². The zero-order valence-corrected chi connectivity index (χ0v) is 17.7. The van der Waals surface area contributed by atoms with Crippen molar-refractivity contribution in [3.05, 3.63) is 69.2 Å². The van der Waals surface area contributed by atoms with Gasteiger partial charge in [-0.25, -0.2) is 8.78 Å². The molecule has 0 radical (unpaired) electrons. The summed E-state index contributed by atoms with van der Waals surface area (Å²) in [5.41, 5.74) is 1.34. The van der Waals surface area contributed by atoms with Crippen molar-refractivity contribution >= 4 is 29.2 Å². The monoisotopic (exact) mass is 442 g/mol. The normalized spacial score (nSPS) is 19.7. The van der Waals surface area contributed by atoms with Crippen LogP contribution in [0.3, 0.4) is 0 Å². The van der Waals surface area contributed by atoms with Gasteiger partial charge >= 0.3 is 5.97 Å². The first-order valence-corrected chi connectivity index (χ1v) is 9.94. The second kappa shape index (κ2) is 9.39. The first-order chi connectivity index (χ1) is 13.8. The van der Waals surface area contributed by atoms with Crippen LogP contribution in [0.5, 0.6) is 0 Å². The molecule has 1 aliphatic heterocycles. The molecule has 0 aliphatic carbocycles. The molecule has 1 aliphatic rings. The second-order valence-electron chi connectivity index (χ2n) is 7.26. The minimum Gasteiger partial charge on any atom is -0.468 e. The molecule has 0 saturated carbocycles. The number of carbonyl (C=O) groups excluding carboxylic acids is 1. The van der Waals surface area contributed by atoms with Gasteiger partial charge in [-0.05, 0) is 37.2 Å². The third kappa shape index (κ3) is 5.25. The standard InChI is InChI=1S/C21H22Cl2F2N2O2/c1-26(11-14-4-5-15(24)8-19(14)25)16-9-20(21(28)29-2)27(12-16)10-13-3-6-17(22)18(23)7-13/h3-8,16,20H,9-12H2,1-2H3/t16-,20-/m0/s1. The molecule has 1 fully saturated rings. The number of hydrogen-bond acceptors (Lipinski definition) is 4. The molecule has 3 rings (SSSR count). The molecule has 4 nitrogen and oxygen atoms in total. The minimum absolute atomic E-state index is 0.00586. The summed E-state index contributed by atoms with van der Waals surface area (Å²) in [5.74, 6) is -1.49. The van der Waals surface area contributed by atoms with E-state index in [9.17, 15) is 13.6 Å². The number of hydrogen-bond donors (Lipinski definition) is 0. The lowest BCUT2D eigenvalue weighted by molar-refractivity contribution is -0.146. The molecule has 0 amide bonds. The van der Waals surface area contributed by atoms with Gasteiger partial charge in [0.2, 0.25) is 0 Å². The molecule has 1 saturated heterocycles. The Balaban J connectivity index is 1.73. The molecular formula is C21H22Cl2F2N2O2. The van der Waals surface area contributed by atoms with Gasteiger partial charge in [0, 0.05) is 37.3 Å². The Bertz CT molecular complexity index is 897. The zero-order valence-electron chi connectivity index (χ0n) is 16.2. The largest absolute Gasteiger partial charge is 0.468 e. The van der Waals surface area contributed by atoms with Gasteiger partial charge in [-0.15, -0.1) is 0 Å². The highest BCUT2D eigenvalue weighted by Gasteiger charge is 2.39. The predicted molar refractivity (Wildman–Crippen MR) is 109 cm³/mol. The Morgan fingerprint density at radius 2 is 1.97 bits per heavy atom. The number of nitrogens with zero attached hydrogens (tertiary/aromatic N) is 2. The van der Waals surface area contributed by atoms with E-state index in [2.05, 4.69) is 0 Å². The van der Waals surface area contributed by atoms with E-state index < -0.39 is 17.7 Å². The van der Waals surface area contributed by atoms with Crippen LogP contribution in [-0.4, -0.2) is 48.6 Å². The van der Waals surface area contributed by atoms with Crippen molar-refractivity contribution in [3.63, 3.8) is 0 Å². The summed E-state index contributed by atoms with van der Waals surface area (Å²) >= 11 is 12.1. The van der Waals surface area contributed by atoms with Gasteiger partial charge in [0.25, 0.3) is 0 Å². The van der Waals surface area contributed by atoms with Gasteiger partial charge in [-0.3, -0.25) is 14.6 Å². The Kier molecular flexibility index (Phi) is 7.11. The third-order valence-corrected chi connectivity index (χ3v) is 6.02. The molecule has 0 spiro atoms.